The van der Waals surface area contributed by atoms with E-state index in [1.54, 1.807) is 18.9 Å². The average Bonchev–Trinajstić information content (AvgIpc) is 2.71. The van der Waals surface area contributed by atoms with Gasteiger partial charge >= 0.3 is 0 Å². The number of rotatable bonds is 4. The van der Waals surface area contributed by atoms with Gasteiger partial charge < -0.3 is 9.64 Å². The van der Waals surface area contributed by atoms with Crippen LogP contribution in [0, 0.1) is 0 Å². The number of hydrogen-bond acceptors (Lipinski definition) is 3. The Bertz CT molecular complexity index is 306. The van der Waals surface area contributed by atoms with Crippen LogP contribution in [-0.2, 0) is 20.3 Å². The Labute approximate surface area is 106 Å². The van der Waals surface area contributed by atoms with Crippen molar-refractivity contribution in [3.8, 4) is 0 Å². The van der Waals surface area contributed by atoms with Gasteiger partial charge in [0.1, 0.15) is 5.25 Å². The summed E-state index contributed by atoms with van der Waals surface area (Å²) in [7, 11) is 0.606. The fourth-order valence-electron chi connectivity index (χ4n) is 1.92. The Morgan fingerprint density at radius 1 is 1.41 bits per heavy atom. The second-order valence-electron chi connectivity index (χ2n) is 4.92. The molecule has 0 aromatic carbocycles. The van der Waals surface area contributed by atoms with E-state index in [0.29, 0.717) is 6.61 Å². The lowest BCUT2D eigenvalue weighted by Gasteiger charge is -2.26. The maximum absolute atomic E-state index is 12.3. The molecule has 0 aromatic rings. The molecule has 0 aromatic heterocycles. The second-order valence-corrected chi connectivity index (χ2v) is 6.89. The van der Waals surface area contributed by atoms with Gasteiger partial charge in [0.15, 0.2) is 0 Å². The van der Waals surface area contributed by atoms with Gasteiger partial charge in [-0.1, -0.05) is 0 Å². The van der Waals surface area contributed by atoms with E-state index in [9.17, 15) is 9.00 Å². The first kappa shape index (κ1) is 14.6. The number of nitrogens with zero attached hydrogens (tertiary/aromatic N) is 1. The monoisotopic (exact) mass is 261 g/mol. The summed E-state index contributed by atoms with van der Waals surface area (Å²) in [4.78, 5) is 13.7. The molecule has 1 aliphatic rings. The summed E-state index contributed by atoms with van der Waals surface area (Å²) < 4.78 is 17.7. The molecular weight excluding hydrogens is 238 g/mol. The van der Waals surface area contributed by atoms with Crippen LogP contribution in [-0.4, -0.2) is 51.3 Å². The topological polar surface area (TPSA) is 46.6 Å². The molecule has 1 heterocycles. The zero-order chi connectivity index (χ0) is 13.2. The summed E-state index contributed by atoms with van der Waals surface area (Å²) in [6.07, 6.45) is 0.784. The van der Waals surface area contributed by atoms with Crippen molar-refractivity contribution >= 4 is 16.7 Å². The summed E-state index contributed by atoms with van der Waals surface area (Å²) in [6, 6.07) is 0.138. The minimum Gasteiger partial charge on any atom is -0.377 e. The van der Waals surface area contributed by atoms with Crippen LogP contribution in [0.25, 0.3) is 0 Å². The first-order valence-electron chi connectivity index (χ1n) is 6.14. The van der Waals surface area contributed by atoms with Gasteiger partial charge in [0.25, 0.3) is 0 Å². The first-order valence-corrected chi connectivity index (χ1v) is 7.41. The van der Waals surface area contributed by atoms with E-state index in [-0.39, 0.29) is 23.3 Å². The standard InChI is InChI=1S/C12H23NO3S/c1-8(2)13(5)12(14)10(4)17(15)11-6-7-16-9(11)3/h8-11H,6-7H2,1-5H3/t9-,10-,11-,17-/m0/s1. The van der Waals surface area contributed by atoms with Crippen molar-refractivity contribution < 1.29 is 13.7 Å². The van der Waals surface area contributed by atoms with E-state index in [1.807, 2.05) is 20.8 Å². The highest BCUT2D eigenvalue weighted by Gasteiger charge is 2.35. The van der Waals surface area contributed by atoms with Gasteiger partial charge in [0.05, 0.1) is 11.4 Å². The van der Waals surface area contributed by atoms with E-state index >= 15 is 0 Å². The predicted octanol–water partition coefficient (Wildman–Crippen LogP) is 1.17. The Morgan fingerprint density at radius 3 is 2.41 bits per heavy atom. The summed E-state index contributed by atoms with van der Waals surface area (Å²) in [5.41, 5.74) is 0. The maximum Gasteiger partial charge on any atom is 0.238 e. The molecule has 0 unspecified atom stereocenters. The summed E-state index contributed by atoms with van der Waals surface area (Å²) in [5, 5.41) is -0.453. The maximum atomic E-state index is 12.3. The highest BCUT2D eigenvalue weighted by molar-refractivity contribution is 7.87. The molecule has 1 rings (SSSR count). The van der Waals surface area contributed by atoms with Crippen LogP contribution in [0.5, 0.6) is 0 Å². The van der Waals surface area contributed by atoms with Crippen molar-refractivity contribution in [2.45, 2.75) is 56.8 Å². The lowest BCUT2D eigenvalue weighted by atomic mass is 10.2. The van der Waals surface area contributed by atoms with Gasteiger partial charge in [0, 0.05) is 30.5 Å². The molecule has 5 heteroatoms. The molecule has 4 atom stereocenters. The van der Waals surface area contributed by atoms with E-state index < -0.39 is 16.0 Å². The third-order valence-electron chi connectivity index (χ3n) is 3.42. The third kappa shape index (κ3) is 3.28. The molecule has 0 N–H and O–H groups in total. The van der Waals surface area contributed by atoms with Crippen molar-refractivity contribution in [1.29, 1.82) is 0 Å². The Hall–Kier alpha value is -0.420. The van der Waals surface area contributed by atoms with Crippen LogP contribution >= 0.6 is 0 Å². The van der Waals surface area contributed by atoms with Crippen molar-refractivity contribution in [2.75, 3.05) is 13.7 Å². The van der Waals surface area contributed by atoms with E-state index in [2.05, 4.69) is 0 Å². The zero-order valence-corrected chi connectivity index (χ0v) is 12.1. The van der Waals surface area contributed by atoms with Gasteiger partial charge in [-0.2, -0.15) is 0 Å². The second kappa shape index (κ2) is 5.96. The fourth-order valence-corrected chi connectivity index (χ4v) is 3.59. The average molecular weight is 261 g/mol. The molecule has 0 spiro atoms. The molecule has 0 aliphatic carbocycles. The van der Waals surface area contributed by atoms with Gasteiger partial charge in [-0.15, -0.1) is 0 Å². The van der Waals surface area contributed by atoms with Crippen molar-refractivity contribution in [1.82, 2.24) is 4.90 Å². The Kier molecular flexibility index (Phi) is 5.13. The van der Waals surface area contributed by atoms with E-state index in [4.69, 9.17) is 4.74 Å². The number of carbonyl (C=O) groups is 1. The highest BCUT2D eigenvalue weighted by atomic mass is 32.2. The van der Waals surface area contributed by atoms with E-state index in [0.717, 1.165) is 6.42 Å². The molecule has 1 saturated heterocycles. The largest absolute Gasteiger partial charge is 0.377 e. The summed E-state index contributed by atoms with van der Waals surface area (Å²) in [6.45, 7) is 8.24. The first-order chi connectivity index (χ1) is 7.86. The molecule has 0 bridgehead atoms. The molecule has 0 saturated carbocycles. The molecule has 4 nitrogen and oxygen atoms in total. The number of carbonyl (C=O) groups excluding carboxylic acids is 1. The van der Waals surface area contributed by atoms with Crippen molar-refractivity contribution in [3.63, 3.8) is 0 Å². The van der Waals surface area contributed by atoms with Gasteiger partial charge in [-0.05, 0) is 34.1 Å². The lowest BCUT2D eigenvalue weighted by Crippen LogP contribution is -2.44. The summed E-state index contributed by atoms with van der Waals surface area (Å²) >= 11 is 0. The van der Waals surface area contributed by atoms with Crippen molar-refractivity contribution in [2.24, 2.45) is 0 Å². The highest BCUT2D eigenvalue weighted by Crippen LogP contribution is 2.22. The molecule has 1 fully saturated rings. The predicted molar refractivity (Wildman–Crippen MR) is 69.3 cm³/mol. The SMILES string of the molecule is CC(C)N(C)C(=O)[C@H](C)[S@](=O)[C@H]1CCO[C@H]1C. The van der Waals surface area contributed by atoms with Gasteiger partial charge in [-0.3, -0.25) is 9.00 Å². The zero-order valence-electron chi connectivity index (χ0n) is 11.3. The molecule has 100 valence electrons. The number of amides is 1. The number of ether oxygens (including phenoxy) is 1. The lowest BCUT2D eigenvalue weighted by molar-refractivity contribution is -0.130. The van der Waals surface area contributed by atoms with Crippen LogP contribution in [0.4, 0.5) is 0 Å². The smallest absolute Gasteiger partial charge is 0.238 e. The quantitative estimate of drug-likeness (QED) is 0.763. The fraction of sp³-hybridized carbons (Fsp3) is 0.917. The van der Waals surface area contributed by atoms with Crippen LogP contribution in [0.3, 0.4) is 0 Å². The minimum absolute atomic E-state index is 0.00422. The number of hydrogen-bond donors (Lipinski definition) is 0. The van der Waals surface area contributed by atoms with Crippen LogP contribution in [0.2, 0.25) is 0 Å². The molecular formula is C12H23NO3S. The van der Waals surface area contributed by atoms with Crippen LogP contribution in [0.1, 0.15) is 34.1 Å². The molecule has 0 radical (unpaired) electrons. The minimum atomic E-state index is -1.15. The Morgan fingerprint density at radius 2 is 2.00 bits per heavy atom. The summed E-state index contributed by atoms with van der Waals surface area (Å²) in [5.74, 6) is -0.0440. The Balaban J connectivity index is 2.66. The third-order valence-corrected chi connectivity index (χ3v) is 5.54. The molecule has 1 amide bonds. The molecule has 1 aliphatic heterocycles. The van der Waals surface area contributed by atoms with Crippen molar-refractivity contribution in [3.05, 3.63) is 0 Å². The van der Waals surface area contributed by atoms with Crippen LogP contribution in [0.15, 0.2) is 0 Å². The normalized spacial score (nSPS) is 28.1. The van der Waals surface area contributed by atoms with Gasteiger partial charge in [-0.25, -0.2) is 0 Å². The molecule has 17 heavy (non-hydrogen) atoms. The van der Waals surface area contributed by atoms with E-state index in [1.165, 1.54) is 0 Å². The van der Waals surface area contributed by atoms with Crippen LogP contribution < -0.4 is 0 Å². The van der Waals surface area contributed by atoms with Gasteiger partial charge in [0.2, 0.25) is 5.91 Å².